The van der Waals surface area contributed by atoms with E-state index in [-0.39, 0.29) is 11.8 Å². The minimum Gasteiger partial charge on any atom is -0.495 e. The molecular weight excluding hydrogens is 474 g/mol. The van der Waals surface area contributed by atoms with Gasteiger partial charge in [-0.25, -0.2) is 15.0 Å². The Bertz CT molecular complexity index is 1480. The first-order chi connectivity index (χ1) is 18.0. The molecule has 11 nitrogen and oxygen atoms in total. The summed E-state index contributed by atoms with van der Waals surface area (Å²) in [4.78, 5) is 31.0. The highest BCUT2D eigenvalue weighted by Crippen LogP contribution is 2.67. The van der Waals surface area contributed by atoms with E-state index in [1.165, 1.54) is 7.05 Å². The van der Waals surface area contributed by atoms with Crippen LogP contribution >= 0.6 is 0 Å². The number of aliphatic hydroxyl groups excluding tert-OH is 2. The van der Waals surface area contributed by atoms with Crippen molar-refractivity contribution in [1.29, 1.82) is 0 Å². The van der Waals surface area contributed by atoms with Crippen LogP contribution < -0.4 is 15.4 Å². The van der Waals surface area contributed by atoms with Crippen LogP contribution in [-0.2, 0) is 11.3 Å². The Morgan fingerprint density at radius 3 is 2.78 bits per heavy atom. The maximum absolute atomic E-state index is 12.6. The highest BCUT2D eigenvalue weighted by molar-refractivity contribution is 5.88. The fraction of sp³-hybridized carbons (Fsp3) is 0.346. The molecule has 37 heavy (non-hydrogen) atoms. The van der Waals surface area contributed by atoms with Crippen LogP contribution in [0.3, 0.4) is 0 Å². The van der Waals surface area contributed by atoms with Gasteiger partial charge in [-0.15, -0.1) is 0 Å². The number of methoxy groups -OCH3 is 1. The normalized spacial score (nSPS) is 26.1. The lowest BCUT2D eigenvalue weighted by Gasteiger charge is -2.23. The predicted molar refractivity (Wildman–Crippen MR) is 135 cm³/mol. The molecule has 2 aliphatic rings. The number of hydrogen-bond acceptors (Lipinski definition) is 9. The Morgan fingerprint density at radius 2 is 2.03 bits per heavy atom. The van der Waals surface area contributed by atoms with Crippen LogP contribution in [0.15, 0.2) is 55.1 Å². The number of pyridine rings is 1. The van der Waals surface area contributed by atoms with E-state index in [0.717, 1.165) is 5.56 Å². The van der Waals surface area contributed by atoms with Crippen LogP contribution in [-0.4, -0.2) is 67.0 Å². The number of fused-ring (bicyclic) bond motifs is 2. The zero-order valence-electron chi connectivity index (χ0n) is 20.4. The number of nitrogens with zero attached hydrogens (tertiary/aromatic N) is 5. The van der Waals surface area contributed by atoms with Gasteiger partial charge in [0.2, 0.25) is 5.91 Å². The molecule has 0 saturated heterocycles. The van der Waals surface area contributed by atoms with Gasteiger partial charge >= 0.3 is 0 Å². The second-order valence-corrected chi connectivity index (χ2v) is 9.53. The minimum absolute atomic E-state index is 0.243. The van der Waals surface area contributed by atoms with E-state index in [1.807, 2.05) is 30.3 Å². The molecule has 2 saturated carbocycles. The average molecular weight is 502 g/mol. The number of aliphatic hydroxyl groups is 2. The van der Waals surface area contributed by atoms with Gasteiger partial charge in [0.05, 0.1) is 37.2 Å². The van der Waals surface area contributed by atoms with E-state index < -0.39 is 23.7 Å². The number of hydrogen-bond donors (Lipinski definition) is 4. The summed E-state index contributed by atoms with van der Waals surface area (Å²) in [5.74, 6) is 0.979. The van der Waals surface area contributed by atoms with Gasteiger partial charge in [-0.1, -0.05) is 30.3 Å². The lowest BCUT2D eigenvalue weighted by Crippen LogP contribution is -2.41. The van der Waals surface area contributed by atoms with Crippen LogP contribution in [0.4, 0.5) is 5.82 Å². The highest BCUT2D eigenvalue weighted by Gasteiger charge is 2.75. The van der Waals surface area contributed by atoms with Crippen molar-refractivity contribution in [3.8, 4) is 17.1 Å². The lowest BCUT2D eigenvalue weighted by atomic mass is 9.98. The summed E-state index contributed by atoms with van der Waals surface area (Å²) in [6.07, 6.45) is 3.00. The topological polar surface area (TPSA) is 147 Å². The molecule has 2 aliphatic carbocycles. The van der Waals surface area contributed by atoms with Gasteiger partial charge in [-0.2, -0.15) is 0 Å². The second-order valence-electron chi connectivity index (χ2n) is 9.53. The third kappa shape index (κ3) is 3.61. The number of amides is 1. The molecule has 6 rings (SSSR count). The van der Waals surface area contributed by atoms with Crippen molar-refractivity contribution in [1.82, 2.24) is 29.8 Å². The summed E-state index contributed by atoms with van der Waals surface area (Å²) in [5, 5.41) is 27.9. The zero-order valence-corrected chi connectivity index (χ0v) is 20.4. The average Bonchev–Trinajstić information content (AvgIpc) is 3.48. The number of ether oxygens (including phenoxy) is 1. The van der Waals surface area contributed by atoms with E-state index in [0.29, 0.717) is 47.1 Å². The Labute approximate surface area is 212 Å². The number of carbonyl (C=O) groups excluding carboxylic acids is 1. The van der Waals surface area contributed by atoms with Crippen LogP contribution in [0.25, 0.3) is 22.6 Å². The fourth-order valence-electron chi connectivity index (χ4n) is 5.61. The third-order valence-electron chi connectivity index (χ3n) is 7.57. The first-order valence-electron chi connectivity index (χ1n) is 12.1. The summed E-state index contributed by atoms with van der Waals surface area (Å²) >= 11 is 0. The molecule has 3 aromatic heterocycles. The first kappa shape index (κ1) is 23.3. The molecule has 11 heteroatoms. The van der Waals surface area contributed by atoms with E-state index in [2.05, 4.69) is 20.6 Å². The van der Waals surface area contributed by atoms with Gasteiger partial charge in [-0.05, 0) is 18.1 Å². The predicted octanol–water partition coefficient (Wildman–Crippen LogP) is 1.54. The molecule has 4 N–H and O–H groups in total. The van der Waals surface area contributed by atoms with E-state index in [1.54, 1.807) is 36.5 Å². The van der Waals surface area contributed by atoms with Crippen molar-refractivity contribution in [3.05, 3.63) is 60.7 Å². The summed E-state index contributed by atoms with van der Waals surface area (Å²) in [6.45, 7) is 0.517. The number of benzene rings is 1. The maximum atomic E-state index is 12.6. The number of imidazole rings is 1. The molecule has 4 aromatic rings. The first-order valence-corrected chi connectivity index (χ1v) is 12.1. The van der Waals surface area contributed by atoms with E-state index in [9.17, 15) is 15.0 Å². The summed E-state index contributed by atoms with van der Waals surface area (Å²) in [7, 11) is 3.10. The molecule has 5 atom stereocenters. The third-order valence-corrected chi connectivity index (χ3v) is 7.57. The van der Waals surface area contributed by atoms with E-state index in [4.69, 9.17) is 14.7 Å². The van der Waals surface area contributed by atoms with Gasteiger partial charge in [0, 0.05) is 31.3 Å². The Balaban J connectivity index is 1.45. The van der Waals surface area contributed by atoms with Crippen LogP contribution in [0.1, 0.15) is 18.0 Å². The van der Waals surface area contributed by atoms with Crippen molar-refractivity contribution in [3.63, 3.8) is 0 Å². The van der Waals surface area contributed by atoms with Crippen molar-refractivity contribution < 1.29 is 19.7 Å². The van der Waals surface area contributed by atoms with Gasteiger partial charge in [0.25, 0.3) is 0 Å². The molecule has 0 spiro atoms. The Kier molecular flexibility index (Phi) is 5.54. The van der Waals surface area contributed by atoms with Crippen molar-refractivity contribution in [2.75, 3.05) is 19.5 Å². The summed E-state index contributed by atoms with van der Waals surface area (Å²) in [5.41, 5.74) is 1.72. The molecule has 1 unspecified atom stereocenters. The SMILES string of the molecule is CNC(=O)[C@]12C[C@@H]1C(n1cnc3c(NCc4ccccc4)nc(-c4cncc(OC)c4)nc31)[C@H](O)[C@@H]2O. The van der Waals surface area contributed by atoms with Gasteiger partial charge in [-0.3, -0.25) is 9.78 Å². The molecule has 0 bridgehead atoms. The molecular formula is C26H27N7O4. The minimum atomic E-state index is -1.18. The van der Waals surface area contributed by atoms with Crippen LogP contribution in [0.2, 0.25) is 0 Å². The maximum Gasteiger partial charge on any atom is 0.229 e. The largest absolute Gasteiger partial charge is 0.495 e. The van der Waals surface area contributed by atoms with Crippen molar-refractivity contribution in [2.45, 2.75) is 31.2 Å². The number of nitrogens with one attached hydrogen (secondary N) is 2. The molecule has 1 aromatic carbocycles. The van der Waals surface area contributed by atoms with Gasteiger partial charge < -0.3 is 30.2 Å². The van der Waals surface area contributed by atoms with E-state index >= 15 is 0 Å². The standard InChI is InChI=1S/C26H27N7O4/c1-27-25(36)26-9-17(26)19(20(34)21(26)35)33-13-30-18-23(29-10-14-6-4-3-5-7-14)31-22(32-24(18)33)15-8-16(37-2)12-28-11-15/h3-8,11-13,17,19-21,34-35H,9-10H2,1-2H3,(H,27,36)(H,29,31,32)/t17-,19?,20+,21+,26-/m1/s1. The molecule has 1 amide bonds. The van der Waals surface area contributed by atoms with Gasteiger partial charge in [0.15, 0.2) is 17.3 Å². The Hall–Kier alpha value is -4.09. The van der Waals surface area contributed by atoms with Crippen molar-refractivity contribution in [2.24, 2.45) is 11.3 Å². The van der Waals surface area contributed by atoms with Crippen molar-refractivity contribution >= 4 is 22.9 Å². The molecule has 0 radical (unpaired) electrons. The molecule has 2 fully saturated rings. The quantitative estimate of drug-likeness (QED) is 0.296. The second kappa shape index (κ2) is 8.79. The molecule has 3 heterocycles. The Morgan fingerprint density at radius 1 is 1.22 bits per heavy atom. The zero-order chi connectivity index (χ0) is 25.7. The van der Waals surface area contributed by atoms with Crippen LogP contribution in [0.5, 0.6) is 5.75 Å². The lowest BCUT2D eigenvalue weighted by molar-refractivity contribution is -0.132. The number of rotatable bonds is 7. The van der Waals surface area contributed by atoms with Gasteiger partial charge in [0.1, 0.15) is 17.4 Å². The molecule has 0 aliphatic heterocycles. The number of anilines is 1. The number of aromatic nitrogens is 5. The smallest absolute Gasteiger partial charge is 0.229 e. The molecule has 190 valence electrons. The summed E-state index contributed by atoms with van der Waals surface area (Å²) in [6, 6.07) is 11.1. The van der Waals surface area contributed by atoms with Crippen LogP contribution in [0, 0.1) is 11.3 Å². The fourth-order valence-corrected chi connectivity index (χ4v) is 5.61. The monoisotopic (exact) mass is 501 g/mol. The number of carbonyl (C=O) groups is 1. The highest BCUT2D eigenvalue weighted by atomic mass is 16.5. The summed E-state index contributed by atoms with van der Waals surface area (Å²) < 4.78 is 7.09.